The van der Waals surface area contributed by atoms with Gasteiger partial charge < -0.3 is 14.9 Å². The van der Waals surface area contributed by atoms with Gasteiger partial charge in [0.1, 0.15) is 16.3 Å². The molecule has 3 N–H and O–H groups in total. The first kappa shape index (κ1) is 17.0. The van der Waals surface area contributed by atoms with Crippen LogP contribution in [0.15, 0.2) is 33.7 Å². The molecular weight excluding hydrogens is 322 g/mol. The Morgan fingerprint density at radius 2 is 2.04 bits per heavy atom. The van der Waals surface area contributed by atoms with Crippen LogP contribution in [0.5, 0.6) is 5.75 Å². The molecule has 9 heteroatoms. The minimum Gasteiger partial charge on any atom is -0.508 e. The first-order valence-electron chi connectivity index (χ1n) is 6.81. The number of carbonyl (C=O) groups excluding carboxylic acids is 1. The lowest BCUT2D eigenvalue weighted by molar-refractivity contribution is 0.0954. The highest BCUT2D eigenvalue weighted by atomic mass is 32.2. The molecule has 0 unspecified atom stereocenters. The predicted molar refractivity (Wildman–Crippen MR) is 81.6 cm³/mol. The van der Waals surface area contributed by atoms with E-state index >= 15 is 0 Å². The molecule has 2 rings (SSSR count). The average molecular weight is 339 g/mol. The number of nitrogens with one attached hydrogen (secondary N) is 2. The number of sulfonamides is 1. The Labute approximate surface area is 133 Å². The second-order valence-corrected chi connectivity index (χ2v) is 6.56. The normalized spacial score (nSPS) is 11.4. The second-order valence-electron chi connectivity index (χ2n) is 4.86. The molecule has 0 aliphatic rings. The largest absolute Gasteiger partial charge is 0.508 e. The number of nitrogens with zero attached hydrogens (tertiary/aromatic N) is 1. The van der Waals surface area contributed by atoms with Crippen molar-refractivity contribution in [1.29, 1.82) is 0 Å². The van der Waals surface area contributed by atoms with Crippen molar-refractivity contribution >= 4 is 15.9 Å². The highest BCUT2D eigenvalue weighted by Crippen LogP contribution is 2.18. The summed E-state index contributed by atoms with van der Waals surface area (Å²) in [5, 5.41) is 15.5. The number of aromatic nitrogens is 1. The van der Waals surface area contributed by atoms with E-state index < -0.39 is 15.9 Å². The van der Waals surface area contributed by atoms with Gasteiger partial charge in [-0.05, 0) is 32.0 Å². The van der Waals surface area contributed by atoms with Crippen LogP contribution in [-0.2, 0) is 10.0 Å². The standard InChI is InChI=1S/C14H17N3O5S/c1-9-13(10(2)22-17-9)23(20,21)16-7-6-15-14(19)11-4-3-5-12(18)8-11/h3-5,8,16,18H,6-7H2,1-2H3,(H,15,19). The maximum Gasteiger partial charge on any atom is 0.251 e. The molecule has 0 atom stereocenters. The van der Waals surface area contributed by atoms with Crippen LogP contribution in [0.3, 0.4) is 0 Å². The molecular formula is C14H17N3O5S. The SMILES string of the molecule is Cc1noc(C)c1S(=O)(=O)NCCNC(=O)c1cccc(O)c1. The number of rotatable bonds is 6. The van der Waals surface area contributed by atoms with E-state index in [1.165, 1.54) is 26.0 Å². The zero-order chi connectivity index (χ0) is 17.0. The minimum atomic E-state index is -3.75. The Kier molecular flexibility index (Phi) is 5.02. The van der Waals surface area contributed by atoms with Crippen molar-refractivity contribution in [3.8, 4) is 5.75 Å². The highest BCUT2D eigenvalue weighted by molar-refractivity contribution is 7.89. The number of carbonyl (C=O) groups is 1. The molecule has 1 amide bonds. The fraction of sp³-hybridized carbons (Fsp3) is 0.286. The molecule has 1 aromatic heterocycles. The van der Waals surface area contributed by atoms with Crippen LogP contribution < -0.4 is 10.0 Å². The van der Waals surface area contributed by atoms with Crippen LogP contribution in [0.4, 0.5) is 0 Å². The van der Waals surface area contributed by atoms with E-state index in [1.54, 1.807) is 12.1 Å². The van der Waals surface area contributed by atoms with Crippen molar-refractivity contribution in [2.75, 3.05) is 13.1 Å². The van der Waals surface area contributed by atoms with E-state index in [2.05, 4.69) is 15.2 Å². The molecule has 0 aliphatic heterocycles. The van der Waals surface area contributed by atoms with Crippen LogP contribution >= 0.6 is 0 Å². The van der Waals surface area contributed by atoms with Crippen LogP contribution in [0.25, 0.3) is 0 Å². The van der Waals surface area contributed by atoms with E-state index in [0.717, 1.165) is 0 Å². The van der Waals surface area contributed by atoms with Crippen molar-refractivity contribution in [2.24, 2.45) is 0 Å². The molecule has 1 heterocycles. The summed E-state index contributed by atoms with van der Waals surface area (Å²) in [6.45, 7) is 3.15. The average Bonchev–Trinajstić information content (AvgIpc) is 2.83. The van der Waals surface area contributed by atoms with E-state index in [-0.39, 0.29) is 35.2 Å². The monoisotopic (exact) mass is 339 g/mol. The summed E-state index contributed by atoms with van der Waals surface area (Å²) in [6.07, 6.45) is 0. The second kappa shape index (κ2) is 6.80. The van der Waals surface area contributed by atoms with Gasteiger partial charge in [-0.25, -0.2) is 13.1 Å². The molecule has 0 saturated carbocycles. The third-order valence-electron chi connectivity index (χ3n) is 3.05. The lowest BCUT2D eigenvalue weighted by Crippen LogP contribution is -2.35. The van der Waals surface area contributed by atoms with Crippen LogP contribution in [0, 0.1) is 13.8 Å². The molecule has 0 fully saturated rings. The Hall–Kier alpha value is -2.39. The fourth-order valence-corrected chi connectivity index (χ4v) is 3.40. The number of aryl methyl sites for hydroxylation is 2. The number of phenolic OH excluding ortho intramolecular Hbond substituents is 1. The van der Waals surface area contributed by atoms with Crippen LogP contribution in [0.1, 0.15) is 21.8 Å². The minimum absolute atomic E-state index is 0.0109. The van der Waals surface area contributed by atoms with Crippen molar-refractivity contribution < 1.29 is 22.8 Å². The molecule has 8 nitrogen and oxygen atoms in total. The van der Waals surface area contributed by atoms with Gasteiger partial charge in [0.25, 0.3) is 5.91 Å². The van der Waals surface area contributed by atoms with Gasteiger partial charge in [-0.15, -0.1) is 0 Å². The van der Waals surface area contributed by atoms with Gasteiger partial charge in [-0.1, -0.05) is 11.2 Å². The number of amides is 1. The molecule has 0 saturated heterocycles. The summed E-state index contributed by atoms with van der Waals surface area (Å²) in [5.41, 5.74) is 0.567. The lowest BCUT2D eigenvalue weighted by Gasteiger charge is -2.08. The molecule has 2 aromatic rings. The summed E-state index contributed by atoms with van der Waals surface area (Å²) in [4.78, 5) is 11.8. The van der Waals surface area contributed by atoms with Crippen LogP contribution in [0.2, 0.25) is 0 Å². The van der Waals surface area contributed by atoms with Crippen molar-refractivity contribution in [1.82, 2.24) is 15.2 Å². The summed E-state index contributed by atoms with van der Waals surface area (Å²) >= 11 is 0. The number of hydrogen-bond donors (Lipinski definition) is 3. The fourth-order valence-electron chi connectivity index (χ4n) is 2.04. The summed E-state index contributed by atoms with van der Waals surface area (Å²) in [6, 6.07) is 5.87. The Morgan fingerprint density at radius 1 is 1.30 bits per heavy atom. The third kappa shape index (κ3) is 4.08. The van der Waals surface area contributed by atoms with Crippen LogP contribution in [-0.4, -0.2) is 37.7 Å². The highest BCUT2D eigenvalue weighted by Gasteiger charge is 2.23. The van der Waals surface area contributed by atoms with E-state index in [1.807, 2.05) is 0 Å². The Morgan fingerprint density at radius 3 is 2.65 bits per heavy atom. The van der Waals surface area contributed by atoms with Crippen molar-refractivity contribution in [3.05, 3.63) is 41.3 Å². The summed E-state index contributed by atoms with van der Waals surface area (Å²) < 4.78 is 31.5. The number of phenols is 1. The van der Waals surface area contributed by atoms with E-state index in [0.29, 0.717) is 5.56 Å². The molecule has 124 valence electrons. The van der Waals surface area contributed by atoms with Gasteiger partial charge in [-0.2, -0.15) is 0 Å². The Balaban J connectivity index is 1.89. The van der Waals surface area contributed by atoms with E-state index in [9.17, 15) is 18.3 Å². The van der Waals surface area contributed by atoms with Gasteiger partial charge in [0.15, 0.2) is 5.76 Å². The maximum absolute atomic E-state index is 12.1. The summed E-state index contributed by atoms with van der Waals surface area (Å²) in [5.74, 6) is -0.215. The van der Waals surface area contributed by atoms with Crippen molar-refractivity contribution in [2.45, 2.75) is 18.7 Å². The lowest BCUT2D eigenvalue weighted by atomic mass is 10.2. The quantitative estimate of drug-likeness (QED) is 0.666. The predicted octanol–water partition coefficient (Wildman–Crippen LogP) is 0.705. The zero-order valence-corrected chi connectivity index (χ0v) is 13.5. The van der Waals surface area contributed by atoms with E-state index in [4.69, 9.17) is 4.52 Å². The third-order valence-corrected chi connectivity index (χ3v) is 4.75. The van der Waals surface area contributed by atoms with Gasteiger partial charge in [-0.3, -0.25) is 4.79 Å². The van der Waals surface area contributed by atoms with Gasteiger partial charge in [0.05, 0.1) is 0 Å². The number of benzene rings is 1. The first-order chi connectivity index (χ1) is 10.8. The van der Waals surface area contributed by atoms with Crippen molar-refractivity contribution in [3.63, 3.8) is 0 Å². The topological polar surface area (TPSA) is 122 Å². The molecule has 1 aromatic carbocycles. The summed E-state index contributed by atoms with van der Waals surface area (Å²) in [7, 11) is -3.75. The molecule has 0 aliphatic carbocycles. The molecule has 0 bridgehead atoms. The zero-order valence-electron chi connectivity index (χ0n) is 12.7. The first-order valence-corrected chi connectivity index (χ1v) is 8.29. The maximum atomic E-state index is 12.1. The molecule has 23 heavy (non-hydrogen) atoms. The number of hydrogen-bond acceptors (Lipinski definition) is 6. The van der Waals surface area contributed by atoms with Gasteiger partial charge in [0.2, 0.25) is 10.0 Å². The molecule has 0 spiro atoms. The molecule has 0 radical (unpaired) electrons. The van der Waals surface area contributed by atoms with Gasteiger partial charge >= 0.3 is 0 Å². The Bertz CT molecular complexity index is 794. The van der Waals surface area contributed by atoms with Gasteiger partial charge in [0, 0.05) is 18.7 Å². The number of aromatic hydroxyl groups is 1. The smallest absolute Gasteiger partial charge is 0.251 e.